The van der Waals surface area contributed by atoms with E-state index in [2.05, 4.69) is 4.89 Å². The summed E-state index contributed by atoms with van der Waals surface area (Å²) in [5, 5.41) is 19.0. The van der Waals surface area contributed by atoms with Gasteiger partial charge in [-0.2, -0.15) is 0 Å². The summed E-state index contributed by atoms with van der Waals surface area (Å²) in [4.78, 5) is 16.1. The van der Waals surface area contributed by atoms with Crippen LogP contribution >= 0.6 is 0 Å². The molecular weight excluding hydrogens is 212 g/mol. The molecule has 0 radical (unpaired) electrons. The number of carbonyl (C=O) groups excluding carboxylic acids is 1. The lowest BCUT2D eigenvalue weighted by molar-refractivity contribution is -0.339. The van der Waals surface area contributed by atoms with Crippen LogP contribution in [0, 0.1) is 10.8 Å². The van der Waals surface area contributed by atoms with Gasteiger partial charge in [-0.25, -0.2) is 4.89 Å². The molecule has 0 spiro atoms. The van der Waals surface area contributed by atoms with Crippen molar-refractivity contribution >= 4 is 5.97 Å². The normalized spacial score (nSPS) is 29.7. The standard InChI is InChI=1S/C11H20O5/c1-9(2)6-11(9,8(13)15-5)7(12)10(3,4)16-14/h7,12,14H,6H2,1-5H3. The molecule has 0 saturated heterocycles. The van der Waals surface area contributed by atoms with Crippen LogP contribution in [0.3, 0.4) is 0 Å². The minimum Gasteiger partial charge on any atom is -0.468 e. The highest BCUT2D eigenvalue weighted by atomic mass is 17.1. The van der Waals surface area contributed by atoms with Gasteiger partial charge in [-0.15, -0.1) is 0 Å². The van der Waals surface area contributed by atoms with E-state index >= 15 is 0 Å². The predicted octanol–water partition coefficient (Wildman–Crippen LogP) is 1.20. The Kier molecular flexibility index (Phi) is 3.09. The topological polar surface area (TPSA) is 76.0 Å². The predicted molar refractivity (Wildman–Crippen MR) is 56.6 cm³/mol. The first kappa shape index (κ1) is 13.4. The van der Waals surface area contributed by atoms with E-state index < -0.39 is 23.1 Å². The first-order valence-corrected chi connectivity index (χ1v) is 5.25. The molecule has 16 heavy (non-hydrogen) atoms. The molecule has 0 amide bonds. The van der Waals surface area contributed by atoms with E-state index in [0.29, 0.717) is 6.42 Å². The van der Waals surface area contributed by atoms with E-state index in [-0.39, 0.29) is 5.41 Å². The number of hydrogen-bond acceptors (Lipinski definition) is 5. The first-order chi connectivity index (χ1) is 7.15. The molecule has 0 aromatic rings. The van der Waals surface area contributed by atoms with E-state index in [9.17, 15) is 9.90 Å². The highest BCUT2D eigenvalue weighted by molar-refractivity contribution is 5.82. The molecule has 1 rings (SSSR count). The summed E-state index contributed by atoms with van der Waals surface area (Å²) in [6, 6.07) is 0. The lowest BCUT2D eigenvalue weighted by atomic mass is 9.81. The van der Waals surface area contributed by atoms with Crippen molar-refractivity contribution in [3.8, 4) is 0 Å². The zero-order chi connectivity index (χ0) is 12.8. The summed E-state index contributed by atoms with van der Waals surface area (Å²) < 4.78 is 4.74. The van der Waals surface area contributed by atoms with Gasteiger partial charge in [-0.1, -0.05) is 13.8 Å². The van der Waals surface area contributed by atoms with Crippen LogP contribution in [0.4, 0.5) is 0 Å². The Morgan fingerprint density at radius 2 is 1.88 bits per heavy atom. The Morgan fingerprint density at radius 3 is 2.12 bits per heavy atom. The second-order valence-electron chi connectivity index (χ2n) is 5.62. The van der Waals surface area contributed by atoms with Crippen LogP contribution in [0.2, 0.25) is 0 Å². The van der Waals surface area contributed by atoms with Crippen LogP contribution in [0.1, 0.15) is 34.1 Å². The number of hydrogen-bond donors (Lipinski definition) is 2. The van der Waals surface area contributed by atoms with E-state index in [1.54, 1.807) is 0 Å². The SMILES string of the molecule is COC(=O)C1(C(O)C(C)(C)OO)CC1(C)C. The van der Waals surface area contributed by atoms with Gasteiger partial charge < -0.3 is 9.84 Å². The number of carbonyl (C=O) groups is 1. The summed E-state index contributed by atoms with van der Waals surface area (Å²) in [7, 11) is 1.29. The van der Waals surface area contributed by atoms with E-state index in [1.807, 2.05) is 13.8 Å². The fourth-order valence-electron chi connectivity index (χ4n) is 2.41. The largest absolute Gasteiger partial charge is 0.468 e. The molecule has 1 aliphatic rings. The monoisotopic (exact) mass is 232 g/mol. The molecular formula is C11H20O5. The molecule has 5 heteroatoms. The average Bonchev–Trinajstić information content (AvgIpc) is 2.80. The number of esters is 1. The minimum atomic E-state index is -1.21. The van der Waals surface area contributed by atoms with Gasteiger partial charge in [0, 0.05) is 0 Å². The van der Waals surface area contributed by atoms with Crippen molar-refractivity contribution in [3.63, 3.8) is 0 Å². The third-order valence-electron chi connectivity index (χ3n) is 3.71. The van der Waals surface area contributed by atoms with Crippen molar-refractivity contribution in [2.45, 2.75) is 45.8 Å². The van der Waals surface area contributed by atoms with Gasteiger partial charge in [0.05, 0.1) is 7.11 Å². The third kappa shape index (κ3) is 1.63. The highest BCUT2D eigenvalue weighted by Gasteiger charge is 2.73. The number of aliphatic hydroxyl groups excluding tert-OH is 1. The summed E-state index contributed by atoms with van der Waals surface area (Å²) >= 11 is 0. The zero-order valence-corrected chi connectivity index (χ0v) is 10.4. The molecule has 1 fully saturated rings. The Labute approximate surface area is 95.3 Å². The smallest absolute Gasteiger partial charge is 0.315 e. The number of rotatable bonds is 4. The molecule has 1 saturated carbocycles. The van der Waals surface area contributed by atoms with Crippen LogP contribution < -0.4 is 0 Å². The molecule has 0 aliphatic heterocycles. The minimum absolute atomic E-state index is 0.352. The van der Waals surface area contributed by atoms with Crippen molar-refractivity contribution < 1.29 is 24.8 Å². The Balaban J connectivity index is 3.03. The van der Waals surface area contributed by atoms with Gasteiger partial charge in [0.1, 0.15) is 17.1 Å². The lowest BCUT2D eigenvalue weighted by Crippen LogP contribution is -2.49. The maximum absolute atomic E-state index is 11.8. The van der Waals surface area contributed by atoms with Gasteiger partial charge in [0.15, 0.2) is 0 Å². The molecule has 1 aliphatic carbocycles. The molecule has 0 heterocycles. The van der Waals surface area contributed by atoms with Crippen molar-refractivity contribution in [1.29, 1.82) is 0 Å². The summed E-state index contributed by atoms with van der Waals surface area (Å²) in [5.74, 6) is -0.463. The maximum atomic E-state index is 11.8. The van der Waals surface area contributed by atoms with Gasteiger partial charge in [0.2, 0.25) is 0 Å². The Hall–Kier alpha value is -0.650. The van der Waals surface area contributed by atoms with Crippen molar-refractivity contribution in [3.05, 3.63) is 0 Å². The van der Waals surface area contributed by atoms with Crippen molar-refractivity contribution in [1.82, 2.24) is 0 Å². The van der Waals surface area contributed by atoms with Gasteiger partial charge >= 0.3 is 5.97 Å². The summed E-state index contributed by atoms with van der Waals surface area (Å²) in [6.45, 7) is 6.80. The summed E-state index contributed by atoms with van der Waals surface area (Å²) in [5.41, 5.74) is -2.55. The second kappa shape index (κ2) is 3.68. The van der Waals surface area contributed by atoms with Crippen LogP contribution in [-0.2, 0) is 14.4 Å². The molecule has 94 valence electrons. The van der Waals surface area contributed by atoms with Gasteiger partial charge in [-0.3, -0.25) is 10.1 Å². The molecule has 0 aromatic heterocycles. The van der Waals surface area contributed by atoms with E-state index in [0.717, 1.165) is 0 Å². The fraction of sp³-hybridized carbons (Fsp3) is 0.909. The zero-order valence-electron chi connectivity index (χ0n) is 10.4. The van der Waals surface area contributed by atoms with Crippen molar-refractivity contribution in [2.24, 2.45) is 10.8 Å². The number of methoxy groups -OCH3 is 1. The van der Waals surface area contributed by atoms with E-state index in [4.69, 9.17) is 9.99 Å². The average molecular weight is 232 g/mol. The second-order valence-corrected chi connectivity index (χ2v) is 5.62. The quantitative estimate of drug-likeness (QED) is 0.433. The van der Waals surface area contributed by atoms with Gasteiger partial charge in [-0.05, 0) is 25.7 Å². The molecule has 2 atom stereocenters. The third-order valence-corrected chi connectivity index (χ3v) is 3.71. The lowest BCUT2D eigenvalue weighted by Gasteiger charge is -2.33. The number of aliphatic hydroxyl groups is 1. The molecule has 2 N–H and O–H groups in total. The van der Waals surface area contributed by atoms with E-state index in [1.165, 1.54) is 21.0 Å². The molecule has 5 nitrogen and oxygen atoms in total. The van der Waals surface area contributed by atoms with Crippen LogP contribution in [-0.4, -0.2) is 35.1 Å². The molecule has 0 aromatic carbocycles. The Morgan fingerprint density at radius 1 is 1.44 bits per heavy atom. The van der Waals surface area contributed by atoms with Gasteiger partial charge in [0.25, 0.3) is 0 Å². The number of ether oxygens (including phenoxy) is 1. The fourth-order valence-corrected chi connectivity index (χ4v) is 2.41. The summed E-state index contributed by atoms with van der Waals surface area (Å²) in [6.07, 6.45) is -0.604. The molecule has 2 unspecified atom stereocenters. The Bertz CT molecular complexity index is 297. The molecule has 0 bridgehead atoms. The van der Waals surface area contributed by atoms with Crippen molar-refractivity contribution in [2.75, 3.05) is 7.11 Å². The van der Waals surface area contributed by atoms with Crippen LogP contribution in [0.5, 0.6) is 0 Å². The highest BCUT2D eigenvalue weighted by Crippen LogP contribution is 2.67. The maximum Gasteiger partial charge on any atom is 0.315 e. The van der Waals surface area contributed by atoms with Crippen LogP contribution in [0.25, 0.3) is 0 Å². The first-order valence-electron chi connectivity index (χ1n) is 5.25. The van der Waals surface area contributed by atoms with Crippen LogP contribution in [0.15, 0.2) is 0 Å².